The number of thioether (sulfide) groups is 1. The number of amides is 1. The summed E-state index contributed by atoms with van der Waals surface area (Å²) in [5.74, 6) is 0.00347. The summed E-state index contributed by atoms with van der Waals surface area (Å²) in [7, 11) is -3.56. The van der Waals surface area contributed by atoms with Crippen LogP contribution in [0.3, 0.4) is 0 Å². The molecule has 2 aliphatic rings. The molecule has 3 aromatic rings. The highest BCUT2D eigenvalue weighted by atomic mass is 32.2. The van der Waals surface area contributed by atoms with Gasteiger partial charge in [-0.25, -0.2) is 13.4 Å². The van der Waals surface area contributed by atoms with E-state index in [1.807, 2.05) is 17.2 Å². The fourth-order valence-electron chi connectivity index (χ4n) is 4.64. The monoisotopic (exact) mass is 504 g/mol. The van der Waals surface area contributed by atoms with E-state index in [-0.39, 0.29) is 11.3 Å². The average Bonchev–Trinajstić information content (AvgIpc) is 3.60. The van der Waals surface area contributed by atoms with Crippen LogP contribution < -0.4 is 0 Å². The highest BCUT2D eigenvalue weighted by Gasteiger charge is 2.45. The minimum Gasteiger partial charge on any atom is -0.364 e. The molecule has 2 aliphatic heterocycles. The van der Waals surface area contributed by atoms with Crippen LogP contribution in [0.25, 0.3) is 10.6 Å². The lowest BCUT2D eigenvalue weighted by Gasteiger charge is -2.39. The number of hydrogen-bond donors (Lipinski definition) is 0. The largest absolute Gasteiger partial charge is 0.364 e. The van der Waals surface area contributed by atoms with Crippen molar-refractivity contribution >= 4 is 39.0 Å². The summed E-state index contributed by atoms with van der Waals surface area (Å²) < 4.78 is 33.4. The third-order valence-corrected chi connectivity index (χ3v) is 10.7. The maximum absolute atomic E-state index is 13.3. The van der Waals surface area contributed by atoms with Gasteiger partial charge in [-0.3, -0.25) is 4.79 Å². The first-order chi connectivity index (χ1) is 15.9. The van der Waals surface area contributed by atoms with E-state index in [0.29, 0.717) is 41.6 Å². The third kappa shape index (κ3) is 4.23. The van der Waals surface area contributed by atoms with Crippen LogP contribution in [0.15, 0.2) is 56.6 Å². The summed E-state index contributed by atoms with van der Waals surface area (Å²) in [4.78, 5) is 20.0. The molecule has 174 valence electrons. The second kappa shape index (κ2) is 8.86. The number of carbonyl (C=O) groups is 1. The lowest BCUT2D eigenvalue weighted by atomic mass is 9.78. The van der Waals surface area contributed by atoms with E-state index < -0.39 is 10.0 Å². The minimum absolute atomic E-state index is 0.00347. The zero-order chi connectivity index (χ0) is 23.1. The number of pyridine rings is 1. The Kier molecular flexibility index (Phi) is 6.06. The summed E-state index contributed by atoms with van der Waals surface area (Å²) in [6.45, 7) is 2.26. The molecular weight excluding hydrogens is 480 g/mol. The molecule has 0 radical (unpaired) electrons. The van der Waals surface area contributed by atoms with Crippen molar-refractivity contribution in [2.45, 2.75) is 28.5 Å². The number of sulfonamides is 1. The molecule has 0 unspecified atom stereocenters. The van der Waals surface area contributed by atoms with Gasteiger partial charge in [0.15, 0.2) is 0 Å². The number of carbonyl (C=O) groups excluding carboxylic acids is 1. The van der Waals surface area contributed by atoms with Crippen LogP contribution in [0.1, 0.15) is 29.6 Å². The van der Waals surface area contributed by atoms with Gasteiger partial charge in [0, 0.05) is 38.4 Å². The van der Waals surface area contributed by atoms with Crippen molar-refractivity contribution in [2.75, 3.05) is 32.4 Å². The number of nitrogens with zero attached hydrogens (tertiary/aromatic N) is 4. The molecule has 0 aliphatic carbocycles. The lowest BCUT2D eigenvalue weighted by Crippen LogP contribution is -2.44. The highest BCUT2D eigenvalue weighted by Crippen LogP contribution is 2.43. The summed E-state index contributed by atoms with van der Waals surface area (Å²) in [5, 5.41) is 4.63. The van der Waals surface area contributed by atoms with Gasteiger partial charge in [0.2, 0.25) is 0 Å². The third-order valence-electron chi connectivity index (χ3n) is 6.58. The standard InChI is InChI=1S/C22H24N4O4S3/c1-31-20-16(3-2-10-23-20)21(27)25-11-7-22(8-12-25)9-13-26(15-22)33(28,29)19-5-4-18(32-19)17-6-14-30-24-17/h2-6,10,14H,7-9,11-13,15H2,1H3. The Balaban J connectivity index is 1.25. The summed E-state index contributed by atoms with van der Waals surface area (Å²) in [6.07, 6.45) is 7.51. The fraction of sp³-hybridized carbons (Fsp3) is 0.409. The van der Waals surface area contributed by atoms with Gasteiger partial charge in [0.25, 0.3) is 15.9 Å². The Bertz CT molecular complexity index is 1250. The van der Waals surface area contributed by atoms with Gasteiger partial charge in [0.05, 0.1) is 10.4 Å². The summed E-state index contributed by atoms with van der Waals surface area (Å²) >= 11 is 2.68. The van der Waals surface area contributed by atoms with E-state index >= 15 is 0 Å². The number of likely N-dealkylation sites (tertiary alicyclic amines) is 1. The number of rotatable bonds is 5. The fourth-order valence-corrected chi connectivity index (χ4v) is 8.16. The van der Waals surface area contributed by atoms with Crippen LogP contribution in [-0.2, 0) is 10.0 Å². The molecule has 8 nitrogen and oxygen atoms in total. The number of thiophene rings is 1. The molecule has 0 aromatic carbocycles. The van der Waals surface area contributed by atoms with E-state index in [2.05, 4.69) is 10.1 Å². The normalized spacial score (nSPS) is 18.8. The quantitative estimate of drug-likeness (QED) is 0.487. The maximum Gasteiger partial charge on any atom is 0.256 e. The Labute approximate surface area is 201 Å². The first-order valence-corrected chi connectivity index (χ1v) is 14.2. The van der Waals surface area contributed by atoms with Crippen LogP contribution in [-0.4, -0.2) is 66.1 Å². The molecule has 1 amide bonds. The molecule has 0 bridgehead atoms. The van der Waals surface area contributed by atoms with E-state index in [1.54, 1.807) is 34.8 Å². The minimum atomic E-state index is -3.56. The maximum atomic E-state index is 13.3. The first-order valence-electron chi connectivity index (χ1n) is 10.7. The Morgan fingerprint density at radius 1 is 1.15 bits per heavy atom. The van der Waals surface area contributed by atoms with Gasteiger partial charge >= 0.3 is 0 Å². The summed E-state index contributed by atoms with van der Waals surface area (Å²) in [6, 6.07) is 8.75. The van der Waals surface area contributed by atoms with Crippen molar-refractivity contribution in [1.82, 2.24) is 19.3 Å². The second-order valence-electron chi connectivity index (χ2n) is 8.44. The van der Waals surface area contributed by atoms with Crippen LogP contribution >= 0.6 is 23.1 Å². The predicted molar refractivity (Wildman–Crippen MR) is 127 cm³/mol. The Morgan fingerprint density at radius 3 is 2.67 bits per heavy atom. The second-order valence-corrected chi connectivity index (χ2v) is 12.5. The van der Waals surface area contributed by atoms with Crippen molar-refractivity contribution in [3.05, 3.63) is 48.4 Å². The number of piperidine rings is 1. The molecule has 2 saturated heterocycles. The lowest BCUT2D eigenvalue weighted by molar-refractivity contribution is 0.0595. The molecule has 0 atom stereocenters. The van der Waals surface area contributed by atoms with Crippen LogP contribution in [0, 0.1) is 5.41 Å². The first kappa shape index (κ1) is 22.6. The van der Waals surface area contributed by atoms with Crippen LogP contribution in [0.5, 0.6) is 0 Å². The van der Waals surface area contributed by atoms with Gasteiger partial charge < -0.3 is 9.42 Å². The SMILES string of the molecule is CSc1ncccc1C(=O)N1CCC2(CC1)CCN(S(=O)(=O)c1ccc(-c3ccon3)s1)C2. The van der Waals surface area contributed by atoms with E-state index in [4.69, 9.17) is 4.52 Å². The predicted octanol–water partition coefficient (Wildman–Crippen LogP) is 3.84. The van der Waals surface area contributed by atoms with Crippen molar-refractivity contribution in [1.29, 1.82) is 0 Å². The highest BCUT2D eigenvalue weighted by molar-refractivity contribution is 7.98. The molecule has 5 rings (SSSR count). The van der Waals surface area contributed by atoms with Crippen LogP contribution in [0.4, 0.5) is 0 Å². The zero-order valence-corrected chi connectivity index (χ0v) is 20.6. The topological polar surface area (TPSA) is 96.6 Å². The van der Waals surface area contributed by atoms with Crippen molar-refractivity contribution < 1.29 is 17.7 Å². The molecule has 0 N–H and O–H groups in total. The Hall–Kier alpha value is -2.21. The van der Waals surface area contributed by atoms with Gasteiger partial charge in [-0.1, -0.05) is 5.16 Å². The van der Waals surface area contributed by atoms with E-state index in [9.17, 15) is 13.2 Å². The molecule has 5 heterocycles. The van der Waals surface area contributed by atoms with Gasteiger partial charge in [-0.2, -0.15) is 4.31 Å². The molecule has 2 fully saturated rings. The Morgan fingerprint density at radius 2 is 1.94 bits per heavy atom. The average molecular weight is 505 g/mol. The number of aromatic nitrogens is 2. The van der Waals surface area contributed by atoms with E-state index in [0.717, 1.165) is 29.2 Å². The van der Waals surface area contributed by atoms with Crippen molar-refractivity contribution in [3.8, 4) is 10.6 Å². The molecule has 0 saturated carbocycles. The van der Waals surface area contributed by atoms with Crippen LogP contribution in [0.2, 0.25) is 0 Å². The van der Waals surface area contributed by atoms with Gasteiger partial charge in [-0.05, 0) is 55.2 Å². The molecule has 33 heavy (non-hydrogen) atoms. The van der Waals surface area contributed by atoms with E-state index in [1.165, 1.54) is 29.4 Å². The molecular formula is C22H24N4O4S3. The van der Waals surface area contributed by atoms with Crippen molar-refractivity contribution in [3.63, 3.8) is 0 Å². The van der Waals surface area contributed by atoms with Crippen molar-refractivity contribution in [2.24, 2.45) is 5.41 Å². The molecule has 1 spiro atoms. The zero-order valence-electron chi connectivity index (χ0n) is 18.1. The number of hydrogen-bond acceptors (Lipinski definition) is 8. The van der Waals surface area contributed by atoms with Gasteiger partial charge in [0.1, 0.15) is 21.2 Å². The molecule has 11 heteroatoms. The smallest absolute Gasteiger partial charge is 0.256 e. The summed E-state index contributed by atoms with van der Waals surface area (Å²) in [5.41, 5.74) is 1.19. The van der Waals surface area contributed by atoms with Gasteiger partial charge in [-0.15, -0.1) is 23.1 Å². The molecule has 3 aromatic heterocycles.